The number of hydrogen-bond acceptors (Lipinski definition) is 3. The van der Waals surface area contributed by atoms with Gasteiger partial charge in [0.15, 0.2) is 0 Å². The molecule has 2 N–H and O–H groups in total. The van der Waals surface area contributed by atoms with E-state index < -0.39 is 0 Å². The largest absolute Gasteiger partial charge is 0.463 e. The number of benzene rings is 2. The SMILES string of the molecule is Nc1cccc(/C=C/C(=O)OCCCc2ccccc2)c1. The van der Waals surface area contributed by atoms with Crippen LogP contribution in [0, 0.1) is 0 Å². The van der Waals surface area contributed by atoms with Crippen LogP contribution in [-0.4, -0.2) is 12.6 Å². The Bertz CT molecular complexity index is 606. The summed E-state index contributed by atoms with van der Waals surface area (Å²) < 4.78 is 5.16. The number of ether oxygens (including phenoxy) is 1. The van der Waals surface area contributed by atoms with E-state index in [4.69, 9.17) is 10.5 Å². The standard InChI is InChI=1S/C18H19NO2/c19-17-10-4-8-16(14-17)11-12-18(20)21-13-5-9-15-6-2-1-3-7-15/h1-4,6-8,10-12,14H,5,9,13,19H2/b12-11+. The van der Waals surface area contributed by atoms with Gasteiger partial charge >= 0.3 is 5.97 Å². The average Bonchev–Trinajstić information content (AvgIpc) is 2.51. The number of carbonyl (C=O) groups is 1. The number of esters is 1. The van der Waals surface area contributed by atoms with E-state index in [0.717, 1.165) is 18.4 Å². The molecule has 0 heterocycles. The van der Waals surface area contributed by atoms with E-state index >= 15 is 0 Å². The summed E-state index contributed by atoms with van der Waals surface area (Å²) in [5.41, 5.74) is 8.48. The smallest absolute Gasteiger partial charge is 0.330 e. The Morgan fingerprint density at radius 3 is 2.67 bits per heavy atom. The molecule has 0 aromatic heterocycles. The molecule has 2 aromatic carbocycles. The molecular formula is C18H19NO2. The van der Waals surface area contributed by atoms with Crippen LogP contribution in [-0.2, 0) is 16.0 Å². The maximum Gasteiger partial charge on any atom is 0.330 e. The quantitative estimate of drug-likeness (QED) is 0.382. The normalized spacial score (nSPS) is 10.7. The number of nitrogens with two attached hydrogens (primary N) is 1. The summed E-state index contributed by atoms with van der Waals surface area (Å²) in [6, 6.07) is 17.5. The lowest BCUT2D eigenvalue weighted by molar-refractivity contribution is -0.137. The number of rotatable bonds is 6. The molecule has 0 spiro atoms. The topological polar surface area (TPSA) is 52.3 Å². The van der Waals surface area contributed by atoms with Gasteiger partial charge in [-0.25, -0.2) is 4.79 Å². The molecule has 0 aliphatic rings. The van der Waals surface area contributed by atoms with Gasteiger partial charge in [0.05, 0.1) is 6.61 Å². The predicted octanol–water partition coefficient (Wildman–Crippen LogP) is 3.46. The fraction of sp³-hybridized carbons (Fsp3) is 0.167. The Balaban J connectivity index is 1.70. The van der Waals surface area contributed by atoms with Crippen molar-refractivity contribution in [3.05, 3.63) is 71.8 Å². The first kappa shape index (κ1) is 14.9. The minimum atomic E-state index is -0.328. The van der Waals surface area contributed by atoms with Gasteiger partial charge in [0.1, 0.15) is 0 Å². The van der Waals surface area contributed by atoms with Crippen molar-refractivity contribution < 1.29 is 9.53 Å². The molecule has 108 valence electrons. The summed E-state index contributed by atoms with van der Waals surface area (Å²) in [4.78, 5) is 11.6. The van der Waals surface area contributed by atoms with Gasteiger partial charge in [-0.1, -0.05) is 42.5 Å². The van der Waals surface area contributed by atoms with Crippen molar-refractivity contribution in [2.75, 3.05) is 12.3 Å². The number of anilines is 1. The van der Waals surface area contributed by atoms with E-state index in [1.54, 1.807) is 18.2 Å². The van der Waals surface area contributed by atoms with E-state index in [1.807, 2.05) is 30.3 Å². The third-order valence-electron chi connectivity index (χ3n) is 3.02. The first-order valence-corrected chi connectivity index (χ1v) is 6.98. The highest BCUT2D eigenvalue weighted by Crippen LogP contribution is 2.08. The third kappa shape index (κ3) is 5.53. The number of carbonyl (C=O) groups excluding carboxylic acids is 1. The van der Waals surface area contributed by atoms with Crippen LogP contribution >= 0.6 is 0 Å². The van der Waals surface area contributed by atoms with Crippen LogP contribution < -0.4 is 5.73 Å². The number of hydrogen-bond donors (Lipinski definition) is 1. The third-order valence-corrected chi connectivity index (χ3v) is 3.02. The summed E-state index contributed by atoms with van der Waals surface area (Å²) in [6.07, 6.45) is 4.86. The van der Waals surface area contributed by atoms with Crippen molar-refractivity contribution in [3.63, 3.8) is 0 Å². The molecule has 2 aromatic rings. The summed E-state index contributed by atoms with van der Waals surface area (Å²) >= 11 is 0. The molecular weight excluding hydrogens is 262 g/mol. The van der Waals surface area contributed by atoms with Crippen LogP contribution in [0.5, 0.6) is 0 Å². The Morgan fingerprint density at radius 1 is 1.10 bits per heavy atom. The minimum absolute atomic E-state index is 0.328. The van der Waals surface area contributed by atoms with Gasteiger partial charge < -0.3 is 10.5 Å². The van der Waals surface area contributed by atoms with Crippen LogP contribution in [0.4, 0.5) is 5.69 Å². The molecule has 21 heavy (non-hydrogen) atoms. The highest BCUT2D eigenvalue weighted by atomic mass is 16.5. The van der Waals surface area contributed by atoms with Crippen molar-refractivity contribution in [2.24, 2.45) is 0 Å². The second kappa shape index (κ2) is 7.90. The first-order valence-electron chi connectivity index (χ1n) is 6.98. The van der Waals surface area contributed by atoms with Crippen LogP contribution in [0.2, 0.25) is 0 Å². The molecule has 3 nitrogen and oxygen atoms in total. The van der Waals surface area contributed by atoms with E-state index in [-0.39, 0.29) is 5.97 Å². The summed E-state index contributed by atoms with van der Waals surface area (Å²) in [5, 5.41) is 0. The summed E-state index contributed by atoms with van der Waals surface area (Å²) in [5.74, 6) is -0.328. The van der Waals surface area contributed by atoms with Crippen molar-refractivity contribution in [1.82, 2.24) is 0 Å². The lowest BCUT2D eigenvalue weighted by Gasteiger charge is -2.02. The highest BCUT2D eigenvalue weighted by molar-refractivity contribution is 5.87. The van der Waals surface area contributed by atoms with Crippen LogP contribution in [0.1, 0.15) is 17.5 Å². The second-order valence-electron chi connectivity index (χ2n) is 4.76. The Labute approximate surface area is 125 Å². The van der Waals surface area contributed by atoms with Crippen molar-refractivity contribution in [2.45, 2.75) is 12.8 Å². The molecule has 0 aliphatic carbocycles. The van der Waals surface area contributed by atoms with Crippen LogP contribution in [0.3, 0.4) is 0 Å². The Kier molecular flexibility index (Phi) is 5.59. The van der Waals surface area contributed by atoms with Gasteiger partial charge in [0.2, 0.25) is 0 Å². The van der Waals surface area contributed by atoms with Gasteiger partial charge in [-0.2, -0.15) is 0 Å². The molecule has 0 saturated carbocycles. The number of aryl methyl sites for hydroxylation is 1. The van der Waals surface area contributed by atoms with E-state index in [2.05, 4.69) is 12.1 Å². The highest BCUT2D eigenvalue weighted by Gasteiger charge is 1.98. The monoisotopic (exact) mass is 281 g/mol. The molecule has 0 unspecified atom stereocenters. The van der Waals surface area contributed by atoms with Crippen molar-refractivity contribution in [1.29, 1.82) is 0 Å². The molecule has 0 bridgehead atoms. The van der Waals surface area contributed by atoms with Crippen molar-refractivity contribution in [3.8, 4) is 0 Å². The zero-order valence-electron chi connectivity index (χ0n) is 11.9. The van der Waals surface area contributed by atoms with Gasteiger partial charge in [0.25, 0.3) is 0 Å². The molecule has 0 saturated heterocycles. The number of nitrogen functional groups attached to an aromatic ring is 1. The van der Waals surface area contributed by atoms with Gasteiger partial charge in [0, 0.05) is 11.8 Å². The molecule has 0 atom stereocenters. The van der Waals surface area contributed by atoms with E-state index in [0.29, 0.717) is 12.3 Å². The van der Waals surface area contributed by atoms with Crippen molar-refractivity contribution >= 4 is 17.7 Å². The van der Waals surface area contributed by atoms with Gasteiger partial charge in [-0.3, -0.25) is 0 Å². The Morgan fingerprint density at radius 2 is 1.90 bits per heavy atom. The lowest BCUT2D eigenvalue weighted by Crippen LogP contribution is -2.03. The van der Waals surface area contributed by atoms with Crippen LogP contribution in [0.25, 0.3) is 6.08 Å². The molecule has 0 fully saturated rings. The maximum atomic E-state index is 11.6. The lowest BCUT2D eigenvalue weighted by atomic mass is 10.1. The fourth-order valence-corrected chi connectivity index (χ4v) is 1.97. The van der Waals surface area contributed by atoms with Crippen LogP contribution in [0.15, 0.2) is 60.7 Å². The van der Waals surface area contributed by atoms with Gasteiger partial charge in [-0.15, -0.1) is 0 Å². The minimum Gasteiger partial charge on any atom is -0.463 e. The molecule has 2 rings (SSSR count). The first-order chi connectivity index (χ1) is 10.2. The molecule has 0 radical (unpaired) electrons. The fourth-order valence-electron chi connectivity index (χ4n) is 1.97. The zero-order valence-corrected chi connectivity index (χ0v) is 11.9. The average molecular weight is 281 g/mol. The zero-order chi connectivity index (χ0) is 14.9. The molecule has 0 aliphatic heterocycles. The predicted molar refractivity (Wildman–Crippen MR) is 85.6 cm³/mol. The van der Waals surface area contributed by atoms with E-state index in [9.17, 15) is 4.79 Å². The van der Waals surface area contributed by atoms with Gasteiger partial charge in [-0.05, 0) is 42.2 Å². The second-order valence-corrected chi connectivity index (χ2v) is 4.76. The molecule has 0 amide bonds. The summed E-state index contributed by atoms with van der Waals surface area (Å²) in [7, 11) is 0. The Hall–Kier alpha value is -2.55. The molecule has 3 heteroatoms. The summed E-state index contributed by atoms with van der Waals surface area (Å²) in [6.45, 7) is 0.426. The van der Waals surface area contributed by atoms with E-state index in [1.165, 1.54) is 11.6 Å². The maximum absolute atomic E-state index is 11.6.